The Kier molecular flexibility index (Phi) is 3.86. The lowest BCUT2D eigenvalue weighted by Gasteiger charge is -2.10. The molecule has 1 unspecified atom stereocenters. The molecule has 5 nitrogen and oxygen atoms in total. The molecule has 0 amide bonds. The zero-order valence-electron chi connectivity index (χ0n) is 10.00. The Labute approximate surface area is 104 Å². The Balaban J connectivity index is 2.08. The van der Waals surface area contributed by atoms with Crippen LogP contribution in [0.25, 0.3) is 0 Å². The van der Waals surface area contributed by atoms with Crippen LogP contribution in [0, 0.1) is 6.92 Å². The van der Waals surface area contributed by atoms with Gasteiger partial charge in [-0.25, -0.2) is 9.67 Å². The van der Waals surface area contributed by atoms with Gasteiger partial charge in [0.15, 0.2) is 0 Å². The maximum absolute atomic E-state index is 10.1. The molecule has 0 aliphatic carbocycles. The van der Waals surface area contributed by atoms with Gasteiger partial charge in [0.1, 0.15) is 6.10 Å². The molecule has 0 spiro atoms. The lowest BCUT2D eigenvalue weighted by Crippen LogP contribution is -2.11. The van der Waals surface area contributed by atoms with E-state index in [0.29, 0.717) is 6.42 Å². The maximum Gasteiger partial charge on any atom is 0.103 e. The molecule has 2 heterocycles. The van der Waals surface area contributed by atoms with E-state index in [-0.39, 0.29) is 0 Å². The fourth-order valence-corrected chi connectivity index (χ4v) is 2.34. The van der Waals surface area contributed by atoms with Crippen LogP contribution in [0.2, 0.25) is 0 Å². The third-order valence-electron chi connectivity index (χ3n) is 2.49. The molecule has 2 rings (SSSR count). The summed E-state index contributed by atoms with van der Waals surface area (Å²) in [6.07, 6.45) is 2.53. The molecule has 0 saturated carbocycles. The second-order valence-electron chi connectivity index (χ2n) is 3.96. The lowest BCUT2D eigenvalue weighted by molar-refractivity contribution is 0.165. The summed E-state index contributed by atoms with van der Waals surface area (Å²) in [6.45, 7) is 4.81. The summed E-state index contributed by atoms with van der Waals surface area (Å²) in [5, 5.41) is 20.9. The van der Waals surface area contributed by atoms with Gasteiger partial charge in [-0.3, -0.25) is 0 Å². The largest absolute Gasteiger partial charge is 0.386 e. The molecule has 0 bridgehead atoms. The normalized spacial score (nSPS) is 12.9. The Hall–Kier alpha value is -1.27. The summed E-state index contributed by atoms with van der Waals surface area (Å²) >= 11 is 1.60. The van der Waals surface area contributed by atoms with Crippen molar-refractivity contribution in [3.8, 4) is 0 Å². The van der Waals surface area contributed by atoms with Gasteiger partial charge in [0.05, 0.1) is 22.6 Å². The predicted octanol–water partition coefficient (Wildman–Crippen LogP) is 1.73. The molecule has 92 valence electrons. The van der Waals surface area contributed by atoms with Crippen LogP contribution in [-0.4, -0.2) is 25.1 Å². The highest BCUT2D eigenvalue weighted by Crippen LogP contribution is 2.18. The van der Waals surface area contributed by atoms with Crippen LogP contribution in [0.1, 0.15) is 35.8 Å². The zero-order chi connectivity index (χ0) is 12.3. The first-order valence-electron chi connectivity index (χ1n) is 5.68. The molecule has 1 atom stereocenters. The van der Waals surface area contributed by atoms with E-state index in [2.05, 4.69) is 22.2 Å². The Morgan fingerprint density at radius 2 is 2.35 bits per heavy atom. The van der Waals surface area contributed by atoms with Crippen LogP contribution in [0.3, 0.4) is 0 Å². The van der Waals surface area contributed by atoms with Crippen LogP contribution in [0.15, 0.2) is 11.6 Å². The third-order valence-corrected chi connectivity index (χ3v) is 3.32. The molecule has 0 fully saturated rings. The first kappa shape index (κ1) is 12.2. The van der Waals surface area contributed by atoms with Crippen molar-refractivity contribution in [3.05, 3.63) is 28.0 Å². The number of hydrogen-bond donors (Lipinski definition) is 1. The van der Waals surface area contributed by atoms with E-state index in [1.165, 1.54) is 0 Å². The summed E-state index contributed by atoms with van der Waals surface area (Å²) in [5.41, 5.74) is 1.68. The van der Waals surface area contributed by atoms with E-state index < -0.39 is 6.10 Å². The molecule has 6 heteroatoms. The predicted molar refractivity (Wildman–Crippen MR) is 65.8 cm³/mol. The van der Waals surface area contributed by atoms with E-state index >= 15 is 0 Å². The maximum atomic E-state index is 10.1. The van der Waals surface area contributed by atoms with Gasteiger partial charge in [-0.2, -0.15) is 0 Å². The molecule has 2 aromatic heterocycles. The van der Waals surface area contributed by atoms with E-state index in [1.807, 2.05) is 12.3 Å². The number of nitrogens with zero attached hydrogens (tertiary/aromatic N) is 4. The number of aliphatic hydroxyl groups excluding tert-OH is 1. The highest BCUT2D eigenvalue weighted by Gasteiger charge is 2.15. The number of rotatable bonds is 5. The van der Waals surface area contributed by atoms with Crippen molar-refractivity contribution in [2.75, 3.05) is 0 Å². The molecule has 0 radical (unpaired) electrons. The van der Waals surface area contributed by atoms with Gasteiger partial charge in [-0.15, -0.1) is 16.4 Å². The van der Waals surface area contributed by atoms with Crippen LogP contribution in [0.5, 0.6) is 0 Å². The van der Waals surface area contributed by atoms with Crippen molar-refractivity contribution < 1.29 is 5.11 Å². The molecular weight excluding hydrogens is 236 g/mol. The first-order valence-corrected chi connectivity index (χ1v) is 6.56. The highest BCUT2D eigenvalue weighted by molar-refractivity contribution is 7.09. The van der Waals surface area contributed by atoms with Crippen molar-refractivity contribution in [2.45, 2.75) is 39.3 Å². The molecule has 2 aromatic rings. The number of thiazole rings is 1. The summed E-state index contributed by atoms with van der Waals surface area (Å²) in [7, 11) is 0. The van der Waals surface area contributed by atoms with Gasteiger partial charge in [-0.05, 0) is 13.3 Å². The molecule has 1 N–H and O–H groups in total. The average molecular weight is 252 g/mol. The van der Waals surface area contributed by atoms with Crippen LogP contribution >= 0.6 is 11.3 Å². The standard InChI is InChI=1S/C11H16N4OS/c1-3-4-15-10(6-12-14-15)11(16)5-9-7-17-8(2)13-9/h6-7,11,16H,3-5H2,1-2H3. The van der Waals surface area contributed by atoms with E-state index in [1.54, 1.807) is 22.2 Å². The van der Waals surface area contributed by atoms with Gasteiger partial charge in [-0.1, -0.05) is 12.1 Å². The average Bonchev–Trinajstić information content (AvgIpc) is 2.88. The lowest BCUT2D eigenvalue weighted by atomic mass is 10.1. The minimum absolute atomic E-state index is 0.515. The van der Waals surface area contributed by atoms with Crippen molar-refractivity contribution in [3.63, 3.8) is 0 Å². The number of aryl methyl sites for hydroxylation is 2. The van der Waals surface area contributed by atoms with Crippen molar-refractivity contribution in [1.29, 1.82) is 0 Å². The van der Waals surface area contributed by atoms with Crippen molar-refractivity contribution in [1.82, 2.24) is 20.0 Å². The fourth-order valence-electron chi connectivity index (χ4n) is 1.71. The number of aliphatic hydroxyl groups is 1. The number of aromatic nitrogens is 4. The Bertz CT molecular complexity index is 479. The van der Waals surface area contributed by atoms with Gasteiger partial charge < -0.3 is 5.11 Å². The van der Waals surface area contributed by atoms with Crippen LogP contribution in [-0.2, 0) is 13.0 Å². The molecular formula is C11H16N4OS. The van der Waals surface area contributed by atoms with Crippen molar-refractivity contribution >= 4 is 11.3 Å². The molecule has 0 aliphatic heterocycles. The first-order chi connectivity index (χ1) is 8.20. The fraction of sp³-hybridized carbons (Fsp3) is 0.545. The van der Waals surface area contributed by atoms with E-state index in [4.69, 9.17) is 0 Å². The molecule has 0 aliphatic rings. The smallest absolute Gasteiger partial charge is 0.103 e. The third kappa shape index (κ3) is 2.89. The van der Waals surface area contributed by atoms with Crippen LogP contribution < -0.4 is 0 Å². The second-order valence-corrected chi connectivity index (χ2v) is 5.02. The van der Waals surface area contributed by atoms with E-state index in [0.717, 1.165) is 29.4 Å². The quantitative estimate of drug-likeness (QED) is 0.880. The zero-order valence-corrected chi connectivity index (χ0v) is 10.8. The topological polar surface area (TPSA) is 63.8 Å². The van der Waals surface area contributed by atoms with Crippen molar-refractivity contribution in [2.24, 2.45) is 0 Å². The highest BCUT2D eigenvalue weighted by atomic mass is 32.1. The van der Waals surface area contributed by atoms with Gasteiger partial charge in [0.25, 0.3) is 0 Å². The molecule has 0 saturated heterocycles. The minimum atomic E-state index is -0.585. The molecule has 17 heavy (non-hydrogen) atoms. The summed E-state index contributed by atoms with van der Waals surface area (Å²) in [5.74, 6) is 0. The number of hydrogen-bond acceptors (Lipinski definition) is 5. The van der Waals surface area contributed by atoms with Gasteiger partial charge in [0.2, 0.25) is 0 Å². The van der Waals surface area contributed by atoms with Crippen LogP contribution in [0.4, 0.5) is 0 Å². The summed E-state index contributed by atoms with van der Waals surface area (Å²) in [4.78, 5) is 4.34. The minimum Gasteiger partial charge on any atom is -0.386 e. The summed E-state index contributed by atoms with van der Waals surface area (Å²) in [6, 6.07) is 0. The summed E-state index contributed by atoms with van der Waals surface area (Å²) < 4.78 is 1.75. The monoisotopic (exact) mass is 252 g/mol. The molecule has 0 aromatic carbocycles. The van der Waals surface area contributed by atoms with Gasteiger partial charge >= 0.3 is 0 Å². The van der Waals surface area contributed by atoms with E-state index in [9.17, 15) is 5.11 Å². The second kappa shape index (κ2) is 5.37. The Morgan fingerprint density at radius 1 is 1.53 bits per heavy atom. The van der Waals surface area contributed by atoms with Gasteiger partial charge in [0, 0.05) is 18.3 Å². The SMILES string of the molecule is CCCn1nncc1C(O)Cc1csc(C)n1. The Morgan fingerprint density at radius 3 is 3.00 bits per heavy atom.